The topological polar surface area (TPSA) is 33.1 Å². The molecule has 1 saturated carbocycles. The molecule has 1 aromatic heterocycles. The van der Waals surface area contributed by atoms with Gasteiger partial charge in [-0.1, -0.05) is 0 Å². The molecule has 3 heteroatoms. The van der Waals surface area contributed by atoms with Gasteiger partial charge < -0.3 is 5.11 Å². The predicted octanol–water partition coefficient (Wildman–Crippen LogP) is 1.85. The first-order chi connectivity index (χ1) is 5.68. The summed E-state index contributed by atoms with van der Waals surface area (Å²) in [6.45, 7) is 1.93. The van der Waals surface area contributed by atoms with E-state index in [0.29, 0.717) is 5.92 Å². The van der Waals surface area contributed by atoms with Crippen molar-refractivity contribution in [2.75, 3.05) is 0 Å². The van der Waals surface area contributed by atoms with Crippen LogP contribution in [0.15, 0.2) is 11.7 Å². The summed E-state index contributed by atoms with van der Waals surface area (Å²) in [6.07, 6.45) is 4.99. The molecule has 1 fully saturated rings. The average Bonchev–Trinajstić information content (AvgIpc) is 2.74. The lowest BCUT2D eigenvalue weighted by atomic mass is 9.96. The van der Waals surface area contributed by atoms with E-state index in [1.807, 2.05) is 18.6 Å². The summed E-state index contributed by atoms with van der Waals surface area (Å²) in [6, 6.07) is 0. The lowest BCUT2D eigenvalue weighted by Gasteiger charge is -2.21. The number of rotatable bonds is 3. The zero-order chi connectivity index (χ0) is 8.60. The molecule has 0 radical (unpaired) electrons. The predicted molar refractivity (Wildman–Crippen MR) is 49.2 cm³/mol. The van der Waals surface area contributed by atoms with Crippen LogP contribution in [0.4, 0.5) is 0 Å². The molecule has 1 heterocycles. The first-order valence-corrected chi connectivity index (χ1v) is 5.16. The SMILES string of the molecule is CC(O)(Cc1cncs1)C1CC1. The van der Waals surface area contributed by atoms with Crippen molar-refractivity contribution in [3.8, 4) is 0 Å². The minimum Gasteiger partial charge on any atom is -0.390 e. The van der Waals surface area contributed by atoms with E-state index in [0.717, 1.165) is 6.42 Å². The third-order valence-electron chi connectivity index (χ3n) is 2.47. The van der Waals surface area contributed by atoms with E-state index >= 15 is 0 Å². The normalized spacial score (nSPS) is 22.2. The van der Waals surface area contributed by atoms with Gasteiger partial charge in [0, 0.05) is 17.5 Å². The van der Waals surface area contributed by atoms with Crippen LogP contribution in [0.3, 0.4) is 0 Å². The maximum absolute atomic E-state index is 10.0. The molecule has 0 bridgehead atoms. The Morgan fingerprint density at radius 1 is 1.75 bits per heavy atom. The van der Waals surface area contributed by atoms with Crippen molar-refractivity contribution in [3.63, 3.8) is 0 Å². The van der Waals surface area contributed by atoms with E-state index in [-0.39, 0.29) is 0 Å². The molecule has 12 heavy (non-hydrogen) atoms. The molecule has 0 saturated heterocycles. The Hall–Kier alpha value is -0.410. The number of nitrogens with zero attached hydrogens (tertiary/aromatic N) is 1. The number of hydrogen-bond donors (Lipinski definition) is 1. The van der Waals surface area contributed by atoms with Crippen LogP contribution in [0.5, 0.6) is 0 Å². The molecule has 0 spiro atoms. The largest absolute Gasteiger partial charge is 0.390 e. The van der Waals surface area contributed by atoms with Crippen LogP contribution in [0, 0.1) is 5.92 Å². The fourth-order valence-corrected chi connectivity index (χ4v) is 2.29. The number of aromatic nitrogens is 1. The van der Waals surface area contributed by atoms with E-state index in [9.17, 15) is 5.11 Å². The molecule has 0 aliphatic heterocycles. The van der Waals surface area contributed by atoms with E-state index in [2.05, 4.69) is 4.98 Å². The average molecular weight is 183 g/mol. The van der Waals surface area contributed by atoms with Crippen molar-refractivity contribution < 1.29 is 5.11 Å². The Morgan fingerprint density at radius 3 is 3.00 bits per heavy atom. The Bertz CT molecular complexity index is 252. The molecule has 1 aromatic rings. The summed E-state index contributed by atoms with van der Waals surface area (Å²) in [4.78, 5) is 5.18. The van der Waals surface area contributed by atoms with Gasteiger partial charge in [0.2, 0.25) is 0 Å². The molecular weight excluding hydrogens is 170 g/mol. The summed E-state index contributed by atoms with van der Waals surface area (Å²) < 4.78 is 0. The Kier molecular flexibility index (Phi) is 1.93. The van der Waals surface area contributed by atoms with Gasteiger partial charge in [-0.15, -0.1) is 11.3 Å². The van der Waals surface area contributed by atoms with Gasteiger partial charge in [0.05, 0.1) is 11.1 Å². The van der Waals surface area contributed by atoms with Gasteiger partial charge in [-0.2, -0.15) is 0 Å². The fourth-order valence-electron chi connectivity index (χ4n) is 1.53. The van der Waals surface area contributed by atoms with E-state index in [1.54, 1.807) is 11.3 Å². The van der Waals surface area contributed by atoms with Gasteiger partial charge in [0.1, 0.15) is 0 Å². The van der Waals surface area contributed by atoms with Gasteiger partial charge in [-0.25, -0.2) is 0 Å². The lowest BCUT2D eigenvalue weighted by Crippen LogP contribution is -2.29. The van der Waals surface area contributed by atoms with Crippen LogP contribution in [0.2, 0.25) is 0 Å². The first-order valence-electron chi connectivity index (χ1n) is 4.28. The van der Waals surface area contributed by atoms with Crippen molar-refractivity contribution in [1.82, 2.24) is 4.98 Å². The van der Waals surface area contributed by atoms with Crippen LogP contribution in [-0.4, -0.2) is 15.7 Å². The van der Waals surface area contributed by atoms with Crippen LogP contribution in [0.25, 0.3) is 0 Å². The van der Waals surface area contributed by atoms with Crippen LogP contribution < -0.4 is 0 Å². The third kappa shape index (κ3) is 1.67. The molecule has 1 N–H and O–H groups in total. The zero-order valence-electron chi connectivity index (χ0n) is 7.16. The first kappa shape index (κ1) is 8.20. The van der Waals surface area contributed by atoms with Gasteiger partial charge in [0.15, 0.2) is 0 Å². The number of aliphatic hydroxyl groups is 1. The van der Waals surface area contributed by atoms with Gasteiger partial charge in [-0.05, 0) is 25.7 Å². The van der Waals surface area contributed by atoms with Crippen LogP contribution in [0.1, 0.15) is 24.6 Å². The highest BCUT2D eigenvalue weighted by molar-refractivity contribution is 7.09. The lowest BCUT2D eigenvalue weighted by molar-refractivity contribution is 0.0379. The highest BCUT2D eigenvalue weighted by Gasteiger charge is 2.39. The standard InChI is InChI=1S/C9H13NOS/c1-9(11,7-2-3-7)4-8-5-10-6-12-8/h5-7,11H,2-4H2,1H3. The summed E-state index contributed by atoms with van der Waals surface area (Å²) in [5.74, 6) is 0.527. The molecule has 1 aliphatic rings. The van der Waals surface area contributed by atoms with E-state index in [1.165, 1.54) is 17.7 Å². The molecule has 2 rings (SSSR count). The summed E-state index contributed by atoms with van der Waals surface area (Å²) in [7, 11) is 0. The Morgan fingerprint density at radius 2 is 2.50 bits per heavy atom. The monoisotopic (exact) mass is 183 g/mol. The number of thiazole rings is 1. The Labute approximate surface area is 76.3 Å². The Balaban J connectivity index is 2.01. The minimum atomic E-state index is -0.494. The number of hydrogen-bond acceptors (Lipinski definition) is 3. The van der Waals surface area contributed by atoms with E-state index < -0.39 is 5.60 Å². The quantitative estimate of drug-likeness (QED) is 0.775. The molecule has 66 valence electrons. The molecular formula is C9H13NOS. The molecule has 0 amide bonds. The summed E-state index contributed by atoms with van der Waals surface area (Å²) in [5.41, 5.74) is 1.32. The van der Waals surface area contributed by atoms with Gasteiger partial charge in [0.25, 0.3) is 0 Å². The zero-order valence-corrected chi connectivity index (χ0v) is 7.97. The molecule has 1 unspecified atom stereocenters. The second kappa shape index (κ2) is 2.82. The van der Waals surface area contributed by atoms with Crippen molar-refractivity contribution >= 4 is 11.3 Å². The maximum Gasteiger partial charge on any atom is 0.0794 e. The summed E-state index contributed by atoms with van der Waals surface area (Å²) in [5, 5.41) is 10.0. The molecule has 1 aliphatic carbocycles. The molecule has 1 atom stereocenters. The third-order valence-corrected chi connectivity index (χ3v) is 3.25. The fraction of sp³-hybridized carbons (Fsp3) is 0.667. The second-order valence-corrected chi connectivity index (χ2v) is 4.75. The van der Waals surface area contributed by atoms with Crippen LogP contribution >= 0.6 is 11.3 Å². The van der Waals surface area contributed by atoms with Crippen LogP contribution in [-0.2, 0) is 6.42 Å². The van der Waals surface area contributed by atoms with Crippen molar-refractivity contribution in [2.24, 2.45) is 5.92 Å². The smallest absolute Gasteiger partial charge is 0.0794 e. The van der Waals surface area contributed by atoms with Gasteiger partial charge >= 0.3 is 0 Å². The van der Waals surface area contributed by atoms with E-state index in [4.69, 9.17) is 0 Å². The van der Waals surface area contributed by atoms with Crippen molar-refractivity contribution in [1.29, 1.82) is 0 Å². The molecule has 2 nitrogen and oxygen atoms in total. The second-order valence-electron chi connectivity index (χ2n) is 3.78. The summed E-state index contributed by atoms with van der Waals surface area (Å²) >= 11 is 1.62. The highest BCUT2D eigenvalue weighted by atomic mass is 32.1. The molecule has 0 aromatic carbocycles. The van der Waals surface area contributed by atoms with Gasteiger partial charge in [-0.3, -0.25) is 4.98 Å². The highest BCUT2D eigenvalue weighted by Crippen LogP contribution is 2.41. The minimum absolute atomic E-state index is 0.494. The van der Waals surface area contributed by atoms with Crippen molar-refractivity contribution in [2.45, 2.75) is 31.8 Å². The van der Waals surface area contributed by atoms with Crippen molar-refractivity contribution in [3.05, 3.63) is 16.6 Å². The maximum atomic E-state index is 10.0.